The molecule has 0 bridgehead atoms. The maximum atomic E-state index is 12.8. The molecule has 0 aliphatic rings. The van der Waals surface area contributed by atoms with Gasteiger partial charge in [-0.25, -0.2) is 4.39 Å². The largest absolute Gasteiger partial charge is 0.380 e. The van der Waals surface area contributed by atoms with Gasteiger partial charge in [-0.3, -0.25) is 0 Å². The lowest BCUT2D eigenvalue weighted by molar-refractivity contribution is -0.0914. The normalized spacial score (nSPS) is 10.7. The summed E-state index contributed by atoms with van der Waals surface area (Å²) in [6.45, 7) is 0.467. The maximum absolute atomic E-state index is 12.8. The van der Waals surface area contributed by atoms with Crippen LogP contribution < -0.4 is 5.32 Å². The predicted octanol–water partition coefficient (Wildman–Crippen LogP) is 2.51. The Morgan fingerprint density at radius 1 is 1.40 bits per heavy atom. The van der Waals surface area contributed by atoms with E-state index in [9.17, 15) is 4.39 Å². The van der Waals surface area contributed by atoms with Gasteiger partial charge in [0.05, 0.1) is 11.6 Å². The maximum Gasteiger partial charge on any atom is 0.173 e. The van der Waals surface area contributed by atoms with Crippen molar-refractivity contribution in [2.45, 2.75) is 6.29 Å². The van der Waals surface area contributed by atoms with Crippen molar-refractivity contribution in [1.29, 1.82) is 0 Å². The van der Waals surface area contributed by atoms with Crippen LogP contribution in [0.25, 0.3) is 0 Å². The summed E-state index contributed by atoms with van der Waals surface area (Å²) >= 11 is 5.62. The molecule has 1 aromatic rings. The Labute approximate surface area is 93.1 Å². The molecular formula is C10H13ClFNO2. The summed E-state index contributed by atoms with van der Waals surface area (Å²) in [5.74, 6) is -0.433. The van der Waals surface area contributed by atoms with E-state index in [2.05, 4.69) is 5.32 Å². The summed E-state index contributed by atoms with van der Waals surface area (Å²) in [7, 11) is 3.10. The number of anilines is 1. The highest BCUT2D eigenvalue weighted by molar-refractivity contribution is 6.31. The van der Waals surface area contributed by atoms with Gasteiger partial charge in [0.25, 0.3) is 0 Å². The van der Waals surface area contributed by atoms with Crippen molar-refractivity contribution >= 4 is 17.3 Å². The van der Waals surface area contributed by atoms with Crippen LogP contribution in [0, 0.1) is 5.82 Å². The second-order valence-corrected chi connectivity index (χ2v) is 3.32. The van der Waals surface area contributed by atoms with Crippen molar-refractivity contribution in [2.75, 3.05) is 26.1 Å². The summed E-state index contributed by atoms with van der Waals surface area (Å²) in [5, 5.41) is 3.10. The molecule has 1 aromatic carbocycles. The Bertz CT molecular complexity index is 318. The van der Waals surface area contributed by atoms with E-state index in [1.165, 1.54) is 12.1 Å². The van der Waals surface area contributed by atoms with E-state index in [4.69, 9.17) is 21.1 Å². The molecule has 84 valence electrons. The summed E-state index contributed by atoms with van der Waals surface area (Å²) in [6, 6.07) is 4.42. The zero-order valence-electron chi connectivity index (χ0n) is 8.59. The number of benzene rings is 1. The van der Waals surface area contributed by atoms with E-state index >= 15 is 0 Å². The second kappa shape index (κ2) is 5.90. The topological polar surface area (TPSA) is 30.5 Å². The number of methoxy groups -OCH3 is 2. The molecule has 1 rings (SSSR count). The number of hydrogen-bond donors (Lipinski definition) is 1. The Kier molecular flexibility index (Phi) is 4.81. The molecule has 0 saturated heterocycles. The molecule has 0 atom stereocenters. The second-order valence-electron chi connectivity index (χ2n) is 2.91. The lowest BCUT2D eigenvalue weighted by Crippen LogP contribution is -2.23. The minimum atomic E-state index is -0.433. The van der Waals surface area contributed by atoms with E-state index in [-0.39, 0.29) is 11.3 Å². The molecule has 0 amide bonds. The smallest absolute Gasteiger partial charge is 0.173 e. The van der Waals surface area contributed by atoms with Crippen molar-refractivity contribution in [2.24, 2.45) is 0 Å². The SMILES string of the molecule is COC(CNc1ccc(F)c(Cl)c1)OC. The standard InChI is InChI=1S/C10H13ClFNO2/c1-14-10(15-2)6-13-7-3-4-9(12)8(11)5-7/h3-5,10,13H,6H2,1-2H3. The fourth-order valence-electron chi connectivity index (χ4n) is 1.07. The summed E-state index contributed by atoms with van der Waals surface area (Å²) < 4.78 is 22.8. The van der Waals surface area contributed by atoms with E-state index in [0.717, 1.165) is 5.69 Å². The summed E-state index contributed by atoms with van der Waals surface area (Å²) in [6.07, 6.45) is -0.339. The van der Waals surface area contributed by atoms with Gasteiger partial charge in [-0.1, -0.05) is 11.6 Å². The van der Waals surface area contributed by atoms with Crippen LogP contribution in [0.5, 0.6) is 0 Å². The highest BCUT2D eigenvalue weighted by atomic mass is 35.5. The van der Waals surface area contributed by atoms with Gasteiger partial charge in [0.2, 0.25) is 0 Å². The molecule has 0 unspecified atom stereocenters. The van der Waals surface area contributed by atoms with Crippen molar-refractivity contribution in [1.82, 2.24) is 0 Å². The number of hydrogen-bond acceptors (Lipinski definition) is 3. The molecule has 0 aliphatic carbocycles. The van der Waals surface area contributed by atoms with Gasteiger partial charge >= 0.3 is 0 Å². The van der Waals surface area contributed by atoms with Gasteiger partial charge in [-0.05, 0) is 18.2 Å². The fourth-order valence-corrected chi connectivity index (χ4v) is 1.25. The molecule has 0 radical (unpaired) electrons. The Morgan fingerprint density at radius 2 is 2.07 bits per heavy atom. The van der Waals surface area contributed by atoms with Gasteiger partial charge in [0.1, 0.15) is 5.82 Å². The van der Waals surface area contributed by atoms with E-state index in [1.54, 1.807) is 20.3 Å². The van der Waals surface area contributed by atoms with Crippen LogP contribution in [-0.4, -0.2) is 27.1 Å². The Hall–Kier alpha value is -0.840. The first kappa shape index (κ1) is 12.2. The summed E-state index contributed by atoms with van der Waals surface area (Å²) in [4.78, 5) is 0. The third-order valence-electron chi connectivity index (χ3n) is 1.92. The van der Waals surface area contributed by atoms with Gasteiger partial charge in [-0.15, -0.1) is 0 Å². The molecule has 3 nitrogen and oxygen atoms in total. The number of halogens is 2. The van der Waals surface area contributed by atoms with E-state index < -0.39 is 5.82 Å². The zero-order chi connectivity index (χ0) is 11.3. The van der Waals surface area contributed by atoms with Crippen LogP contribution in [0.2, 0.25) is 5.02 Å². The highest BCUT2D eigenvalue weighted by Crippen LogP contribution is 2.19. The highest BCUT2D eigenvalue weighted by Gasteiger charge is 2.05. The Morgan fingerprint density at radius 3 is 2.60 bits per heavy atom. The lowest BCUT2D eigenvalue weighted by Gasteiger charge is -2.14. The average Bonchev–Trinajstić information content (AvgIpc) is 2.24. The fraction of sp³-hybridized carbons (Fsp3) is 0.400. The van der Waals surface area contributed by atoms with Crippen molar-refractivity contribution in [3.63, 3.8) is 0 Å². The monoisotopic (exact) mass is 233 g/mol. The van der Waals surface area contributed by atoms with Crippen LogP contribution >= 0.6 is 11.6 Å². The van der Waals surface area contributed by atoms with Gasteiger partial charge in [-0.2, -0.15) is 0 Å². The molecule has 0 fully saturated rings. The average molecular weight is 234 g/mol. The quantitative estimate of drug-likeness (QED) is 0.793. The number of rotatable bonds is 5. The van der Waals surface area contributed by atoms with Crippen LogP contribution in [0.4, 0.5) is 10.1 Å². The molecule has 0 heterocycles. The van der Waals surface area contributed by atoms with Crippen LogP contribution in [-0.2, 0) is 9.47 Å². The first-order valence-electron chi connectivity index (χ1n) is 4.42. The van der Waals surface area contributed by atoms with Crippen molar-refractivity contribution < 1.29 is 13.9 Å². The van der Waals surface area contributed by atoms with Crippen molar-refractivity contribution in [3.05, 3.63) is 29.0 Å². The minimum absolute atomic E-state index is 0.0892. The van der Waals surface area contributed by atoms with E-state index in [1.807, 2.05) is 0 Å². The molecule has 5 heteroatoms. The van der Waals surface area contributed by atoms with Gasteiger partial charge in [0, 0.05) is 19.9 Å². The van der Waals surface area contributed by atoms with Crippen LogP contribution in [0.3, 0.4) is 0 Å². The lowest BCUT2D eigenvalue weighted by atomic mass is 10.3. The first-order chi connectivity index (χ1) is 7.17. The third-order valence-corrected chi connectivity index (χ3v) is 2.21. The Balaban J connectivity index is 2.54. The molecule has 1 N–H and O–H groups in total. The summed E-state index contributed by atoms with van der Waals surface area (Å²) in [5.41, 5.74) is 0.723. The number of nitrogens with one attached hydrogen (secondary N) is 1. The molecule has 15 heavy (non-hydrogen) atoms. The molecule has 0 aliphatic heterocycles. The third kappa shape index (κ3) is 3.66. The van der Waals surface area contributed by atoms with E-state index in [0.29, 0.717) is 6.54 Å². The first-order valence-corrected chi connectivity index (χ1v) is 4.79. The van der Waals surface area contributed by atoms with Crippen LogP contribution in [0.15, 0.2) is 18.2 Å². The molecular weight excluding hydrogens is 221 g/mol. The predicted molar refractivity (Wildman–Crippen MR) is 57.7 cm³/mol. The number of ether oxygens (including phenoxy) is 2. The zero-order valence-corrected chi connectivity index (χ0v) is 9.34. The van der Waals surface area contributed by atoms with Crippen molar-refractivity contribution in [3.8, 4) is 0 Å². The van der Waals surface area contributed by atoms with Gasteiger partial charge < -0.3 is 14.8 Å². The molecule has 0 saturated carbocycles. The van der Waals surface area contributed by atoms with Gasteiger partial charge in [0.15, 0.2) is 6.29 Å². The molecule has 0 aromatic heterocycles. The molecule has 0 spiro atoms. The van der Waals surface area contributed by atoms with Crippen LogP contribution in [0.1, 0.15) is 0 Å². The minimum Gasteiger partial charge on any atom is -0.380 e.